The second kappa shape index (κ2) is 4.65. The second-order valence-electron chi connectivity index (χ2n) is 2.64. The predicted octanol–water partition coefficient (Wildman–Crippen LogP) is 2.10. The lowest BCUT2D eigenvalue weighted by molar-refractivity contribution is 1.09. The number of hydrogen-bond donors (Lipinski definition) is 0. The van der Waals surface area contributed by atoms with Crippen LogP contribution in [0.2, 0.25) is 0 Å². The third-order valence-electron chi connectivity index (χ3n) is 1.84. The summed E-state index contributed by atoms with van der Waals surface area (Å²) in [6, 6.07) is 5.96. The molecule has 2 heteroatoms. The molecule has 0 N–H and O–H groups in total. The van der Waals surface area contributed by atoms with E-state index in [0.29, 0.717) is 0 Å². The summed E-state index contributed by atoms with van der Waals surface area (Å²) < 4.78 is 0. The van der Waals surface area contributed by atoms with Crippen LogP contribution in [0.1, 0.15) is 19.0 Å². The summed E-state index contributed by atoms with van der Waals surface area (Å²) in [6.07, 6.45) is 3.71. The molecule has 0 amide bonds. The Labute approximate surface area is 73.4 Å². The summed E-state index contributed by atoms with van der Waals surface area (Å²) in [5.74, 6) is 0. The fourth-order valence-corrected chi connectivity index (χ4v) is 1.07. The maximum absolute atomic E-state index is 4.23. The highest BCUT2D eigenvalue weighted by molar-refractivity contribution is 5.85. The minimum absolute atomic E-state index is 0.883. The van der Waals surface area contributed by atoms with E-state index in [1.54, 1.807) is 0 Å². The Balaban J connectivity index is 2.64. The Morgan fingerprint density at radius 1 is 1.50 bits per heavy atom. The van der Waals surface area contributed by atoms with Gasteiger partial charge in [-0.1, -0.05) is 13.0 Å². The van der Waals surface area contributed by atoms with Crippen molar-refractivity contribution in [3.8, 4) is 0 Å². The van der Waals surface area contributed by atoms with Gasteiger partial charge in [0.25, 0.3) is 0 Å². The average molecular weight is 162 g/mol. The molecule has 0 saturated heterocycles. The van der Waals surface area contributed by atoms with Gasteiger partial charge in [0.1, 0.15) is 0 Å². The van der Waals surface area contributed by atoms with Crippen LogP contribution in [0.4, 0.5) is 0 Å². The Morgan fingerprint density at radius 3 is 2.83 bits per heavy atom. The van der Waals surface area contributed by atoms with Crippen LogP contribution in [0.3, 0.4) is 0 Å². The Kier molecular flexibility index (Phi) is 3.45. The third-order valence-corrected chi connectivity index (χ3v) is 1.84. The highest BCUT2D eigenvalue weighted by atomic mass is 14.7. The van der Waals surface area contributed by atoms with Gasteiger partial charge in [-0.3, -0.25) is 9.98 Å². The molecular formula is C10H14N2. The van der Waals surface area contributed by atoms with E-state index in [1.165, 1.54) is 5.71 Å². The van der Waals surface area contributed by atoms with Gasteiger partial charge in [-0.2, -0.15) is 0 Å². The second-order valence-corrected chi connectivity index (χ2v) is 2.64. The van der Waals surface area contributed by atoms with Crippen molar-refractivity contribution in [3.05, 3.63) is 30.1 Å². The lowest BCUT2D eigenvalue weighted by Gasteiger charge is -2.00. The fourth-order valence-electron chi connectivity index (χ4n) is 1.07. The summed E-state index contributed by atoms with van der Waals surface area (Å²) in [7, 11) is 1.84. The van der Waals surface area contributed by atoms with Gasteiger partial charge in [-0.15, -0.1) is 0 Å². The molecule has 1 aromatic heterocycles. The zero-order valence-electron chi connectivity index (χ0n) is 7.62. The highest BCUT2D eigenvalue weighted by Crippen LogP contribution is 1.98. The molecule has 64 valence electrons. The van der Waals surface area contributed by atoms with Gasteiger partial charge in [-0.25, -0.2) is 0 Å². The number of rotatable bonds is 3. The molecule has 0 fully saturated rings. The van der Waals surface area contributed by atoms with Crippen LogP contribution in [0.25, 0.3) is 0 Å². The van der Waals surface area contributed by atoms with Crippen LogP contribution in [0.5, 0.6) is 0 Å². The number of pyridine rings is 1. The zero-order valence-corrected chi connectivity index (χ0v) is 7.62. The van der Waals surface area contributed by atoms with Gasteiger partial charge in [0, 0.05) is 31.1 Å². The summed E-state index contributed by atoms with van der Waals surface area (Å²) >= 11 is 0. The van der Waals surface area contributed by atoms with Gasteiger partial charge in [-0.05, 0) is 18.6 Å². The Bertz CT molecular complexity index is 252. The van der Waals surface area contributed by atoms with Crippen molar-refractivity contribution >= 4 is 5.71 Å². The molecule has 0 aliphatic rings. The maximum atomic E-state index is 4.23. The van der Waals surface area contributed by atoms with Gasteiger partial charge < -0.3 is 0 Å². The SMILES string of the molecule is CCC(Cc1ccccn1)=NC. The normalized spacial score (nSPS) is 11.7. The smallest absolute Gasteiger partial charge is 0.0459 e. The molecule has 1 rings (SSSR count). The number of hydrogen-bond acceptors (Lipinski definition) is 2. The van der Waals surface area contributed by atoms with Gasteiger partial charge >= 0.3 is 0 Å². The number of nitrogens with zero attached hydrogens (tertiary/aromatic N) is 2. The molecule has 0 aliphatic carbocycles. The third kappa shape index (κ3) is 2.46. The molecule has 2 nitrogen and oxygen atoms in total. The van der Waals surface area contributed by atoms with E-state index in [4.69, 9.17) is 0 Å². The molecule has 0 bridgehead atoms. The average Bonchev–Trinajstić information content (AvgIpc) is 2.16. The molecule has 1 heterocycles. The first-order chi connectivity index (χ1) is 5.86. The van der Waals surface area contributed by atoms with Crippen molar-refractivity contribution in [2.75, 3.05) is 7.05 Å². The monoisotopic (exact) mass is 162 g/mol. The Morgan fingerprint density at radius 2 is 2.33 bits per heavy atom. The lowest BCUT2D eigenvalue weighted by atomic mass is 10.1. The van der Waals surface area contributed by atoms with Crippen molar-refractivity contribution in [3.63, 3.8) is 0 Å². The van der Waals surface area contributed by atoms with E-state index in [-0.39, 0.29) is 0 Å². The summed E-state index contributed by atoms with van der Waals surface area (Å²) in [5.41, 5.74) is 2.30. The largest absolute Gasteiger partial charge is 0.297 e. The predicted molar refractivity (Wildman–Crippen MR) is 51.6 cm³/mol. The first kappa shape index (κ1) is 8.91. The standard InChI is InChI=1S/C10H14N2/c1-3-9(11-2)8-10-6-4-5-7-12-10/h4-7H,3,8H2,1-2H3. The summed E-state index contributed by atoms with van der Waals surface area (Å²) in [5, 5.41) is 0. The Hall–Kier alpha value is -1.18. The van der Waals surface area contributed by atoms with Crippen molar-refractivity contribution in [2.24, 2.45) is 4.99 Å². The van der Waals surface area contributed by atoms with Crippen LogP contribution in [-0.2, 0) is 6.42 Å². The topological polar surface area (TPSA) is 25.2 Å². The van der Waals surface area contributed by atoms with E-state index in [2.05, 4.69) is 16.9 Å². The van der Waals surface area contributed by atoms with Crippen LogP contribution in [0, 0.1) is 0 Å². The van der Waals surface area contributed by atoms with Gasteiger partial charge in [0.2, 0.25) is 0 Å². The van der Waals surface area contributed by atoms with E-state index < -0.39 is 0 Å². The van der Waals surface area contributed by atoms with Crippen LogP contribution in [0.15, 0.2) is 29.4 Å². The van der Waals surface area contributed by atoms with E-state index in [9.17, 15) is 0 Å². The van der Waals surface area contributed by atoms with Crippen LogP contribution in [-0.4, -0.2) is 17.7 Å². The molecule has 0 aliphatic heterocycles. The highest BCUT2D eigenvalue weighted by Gasteiger charge is 1.97. The molecule has 0 radical (unpaired) electrons. The fraction of sp³-hybridized carbons (Fsp3) is 0.400. The molecule has 0 unspecified atom stereocenters. The van der Waals surface area contributed by atoms with E-state index in [0.717, 1.165) is 18.5 Å². The van der Waals surface area contributed by atoms with Crippen molar-refractivity contribution in [1.82, 2.24) is 4.98 Å². The number of aromatic nitrogens is 1. The van der Waals surface area contributed by atoms with Crippen molar-refractivity contribution in [1.29, 1.82) is 0 Å². The molecule has 0 aromatic carbocycles. The van der Waals surface area contributed by atoms with Crippen molar-refractivity contribution in [2.45, 2.75) is 19.8 Å². The quantitative estimate of drug-likeness (QED) is 0.625. The lowest BCUT2D eigenvalue weighted by Crippen LogP contribution is -2.02. The van der Waals surface area contributed by atoms with Crippen LogP contribution >= 0.6 is 0 Å². The summed E-state index contributed by atoms with van der Waals surface area (Å²) in [4.78, 5) is 8.41. The molecule has 0 atom stereocenters. The van der Waals surface area contributed by atoms with Gasteiger partial charge in [0.05, 0.1) is 0 Å². The zero-order chi connectivity index (χ0) is 8.81. The number of aliphatic imine (C=N–C) groups is 1. The molecular weight excluding hydrogens is 148 g/mol. The first-order valence-electron chi connectivity index (χ1n) is 4.21. The van der Waals surface area contributed by atoms with E-state index in [1.807, 2.05) is 31.4 Å². The first-order valence-corrected chi connectivity index (χ1v) is 4.21. The molecule has 0 saturated carbocycles. The minimum Gasteiger partial charge on any atom is -0.297 e. The molecule has 12 heavy (non-hydrogen) atoms. The molecule has 0 spiro atoms. The van der Waals surface area contributed by atoms with Gasteiger partial charge in [0.15, 0.2) is 0 Å². The van der Waals surface area contributed by atoms with Crippen LogP contribution < -0.4 is 0 Å². The maximum Gasteiger partial charge on any atom is 0.0459 e. The summed E-state index contributed by atoms with van der Waals surface area (Å²) in [6.45, 7) is 2.12. The minimum atomic E-state index is 0.883. The van der Waals surface area contributed by atoms with E-state index >= 15 is 0 Å². The molecule has 1 aromatic rings. The van der Waals surface area contributed by atoms with Crippen molar-refractivity contribution < 1.29 is 0 Å².